The molecule has 3 aromatic rings. The second kappa shape index (κ2) is 13.8. The molecule has 2 aromatic carbocycles. The monoisotopic (exact) mass is 564 g/mol. The van der Waals surface area contributed by atoms with Crippen LogP contribution in [0.25, 0.3) is 11.1 Å². The minimum atomic E-state index is -0.386. The molecule has 218 valence electrons. The van der Waals surface area contributed by atoms with Crippen LogP contribution in [0.4, 0.5) is 5.82 Å². The summed E-state index contributed by atoms with van der Waals surface area (Å²) < 4.78 is 6.31. The van der Waals surface area contributed by atoms with Gasteiger partial charge in [0, 0.05) is 50.5 Å². The lowest BCUT2D eigenvalue weighted by Crippen LogP contribution is -2.45. The average molecular weight is 565 g/mol. The minimum Gasteiger partial charge on any atom is -0.383 e. The number of nitriles is 1. The van der Waals surface area contributed by atoms with Gasteiger partial charge in [0.15, 0.2) is 0 Å². The smallest absolute Gasteiger partial charge is 0.258 e. The SMILES string of the molecule is CC(c1ccc(-c2ccc(CO[C@H]3CCC[C@@H]3/C=C/NC(=O)c3cc(C#N)cnc3N)cc2)cc1)N1CCN(C)CC1. The van der Waals surface area contributed by atoms with E-state index in [1.807, 2.05) is 12.1 Å². The Morgan fingerprint density at radius 1 is 1.12 bits per heavy atom. The molecular formula is C34H40N6O2. The number of ether oxygens (including phenoxy) is 1. The van der Waals surface area contributed by atoms with Gasteiger partial charge in [-0.15, -0.1) is 0 Å². The molecular weight excluding hydrogens is 524 g/mol. The molecule has 42 heavy (non-hydrogen) atoms. The first kappa shape index (κ1) is 29.5. The molecule has 1 saturated heterocycles. The molecule has 8 nitrogen and oxygen atoms in total. The fourth-order valence-electron chi connectivity index (χ4n) is 5.80. The summed E-state index contributed by atoms with van der Waals surface area (Å²) in [4.78, 5) is 21.4. The molecule has 2 heterocycles. The number of piperazine rings is 1. The van der Waals surface area contributed by atoms with Crippen LogP contribution in [-0.4, -0.2) is 60.0 Å². The van der Waals surface area contributed by atoms with Crippen LogP contribution in [0.1, 0.15) is 59.3 Å². The van der Waals surface area contributed by atoms with Gasteiger partial charge in [0.2, 0.25) is 0 Å². The average Bonchev–Trinajstić information content (AvgIpc) is 3.47. The topological polar surface area (TPSA) is 108 Å². The number of aromatic nitrogens is 1. The zero-order chi connectivity index (χ0) is 29.5. The van der Waals surface area contributed by atoms with E-state index < -0.39 is 0 Å². The van der Waals surface area contributed by atoms with Crippen molar-refractivity contribution in [1.82, 2.24) is 20.1 Å². The number of benzene rings is 2. The van der Waals surface area contributed by atoms with Gasteiger partial charge in [0.1, 0.15) is 11.9 Å². The van der Waals surface area contributed by atoms with Gasteiger partial charge in [-0.05, 0) is 55.1 Å². The van der Waals surface area contributed by atoms with Crippen molar-refractivity contribution in [2.45, 2.75) is 44.9 Å². The van der Waals surface area contributed by atoms with Crippen molar-refractivity contribution in [2.24, 2.45) is 5.92 Å². The van der Waals surface area contributed by atoms with Gasteiger partial charge in [0.25, 0.3) is 5.91 Å². The van der Waals surface area contributed by atoms with Crippen molar-refractivity contribution in [3.8, 4) is 17.2 Å². The van der Waals surface area contributed by atoms with Crippen LogP contribution in [0.2, 0.25) is 0 Å². The van der Waals surface area contributed by atoms with Crippen molar-refractivity contribution >= 4 is 11.7 Å². The maximum atomic E-state index is 12.5. The van der Waals surface area contributed by atoms with Crippen LogP contribution in [-0.2, 0) is 11.3 Å². The summed E-state index contributed by atoms with van der Waals surface area (Å²) in [5, 5.41) is 11.8. The van der Waals surface area contributed by atoms with Gasteiger partial charge in [-0.1, -0.05) is 61.0 Å². The second-order valence-electron chi connectivity index (χ2n) is 11.4. The highest BCUT2D eigenvalue weighted by molar-refractivity contribution is 5.99. The van der Waals surface area contributed by atoms with E-state index in [9.17, 15) is 4.79 Å². The van der Waals surface area contributed by atoms with Crippen molar-refractivity contribution in [2.75, 3.05) is 39.0 Å². The molecule has 1 unspecified atom stereocenters. The molecule has 2 aliphatic rings. The summed E-state index contributed by atoms with van der Waals surface area (Å²) in [5.74, 6) is -0.0684. The molecule has 0 spiro atoms. The molecule has 1 saturated carbocycles. The van der Waals surface area contributed by atoms with E-state index in [1.54, 1.807) is 6.20 Å². The van der Waals surface area contributed by atoms with Gasteiger partial charge < -0.3 is 20.7 Å². The highest BCUT2D eigenvalue weighted by atomic mass is 16.5. The summed E-state index contributed by atoms with van der Waals surface area (Å²) in [5.41, 5.74) is 11.2. The standard InChI is InChI=1S/C34H40N6O2/c1-24(40-18-16-39(2)17-19-40)27-10-12-29(13-11-27)28-8-6-25(7-9-28)23-42-32-5-3-4-30(32)14-15-37-34(41)31-20-26(21-35)22-38-33(31)36/h6-15,20,22,24,30,32H,3-5,16-19,23H2,1-2H3,(H2,36,38)(H,37,41)/b15-14+/t24?,30-,32+/m1/s1. The quantitative estimate of drug-likeness (QED) is 0.371. The predicted octanol–water partition coefficient (Wildman–Crippen LogP) is 5.14. The van der Waals surface area contributed by atoms with Crippen molar-refractivity contribution in [3.05, 3.63) is 95.3 Å². The Bertz CT molecular complexity index is 1420. The zero-order valence-electron chi connectivity index (χ0n) is 24.5. The number of nitrogen functional groups attached to an aromatic ring is 1. The fourth-order valence-corrected chi connectivity index (χ4v) is 5.80. The second-order valence-corrected chi connectivity index (χ2v) is 11.4. The van der Waals surface area contributed by atoms with Gasteiger partial charge in [-0.3, -0.25) is 9.69 Å². The van der Waals surface area contributed by atoms with E-state index >= 15 is 0 Å². The number of hydrogen-bond acceptors (Lipinski definition) is 7. The van der Waals surface area contributed by atoms with Crippen LogP contribution >= 0.6 is 0 Å². The van der Waals surface area contributed by atoms with E-state index in [1.165, 1.54) is 29.0 Å². The Hall–Kier alpha value is -4.03. The molecule has 1 aromatic heterocycles. The van der Waals surface area contributed by atoms with Gasteiger partial charge >= 0.3 is 0 Å². The van der Waals surface area contributed by atoms with Gasteiger partial charge in [-0.25, -0.2) is 4.98 Å². The Kier molecular flexibility index (Phi) is 9.65. The highest BCUT2D eigenvalue weighted by Gasteiger charge is 2.26. The Balaban J connectivity index is 1.11. The van der Waals surface area contributed by atoms with E-state index in [2.05, 4.69) is 82.6 Å². The van der Waals surface area contributed by atoms with Crippen molar-refractivity contribution in [3.63, 3.8) is 0 Å². The van der Waals surface area contributed by atoms with E-state index in [0.29, 0.717) is 18.2 Å². The molecule has 0 radical (unpaired) electrons. The lowest BCUT2D eigenvalue weighted by atomic mass is 9.99. The molecule has 1 aliphatic heterocycles. The zero-order valence-corrected chi connectivity index (χ0v) is 24.5. The van der Waals surface area contributed by atoms with E-state index in [4.69, 9.17) is 15.7 Å². The number of amides is 1. The molecule has 1 amide bonds. The van der Waals surface area contributed by atoms with Gasteiger partial charge in [-0.2, -0.15) is 5.26 Å². The number of nitrogens with zero attached hydrogens (tertiary/aromatic N) is 4. The number of rotatable bonds is 9. The normalized spacial score (nSPS) is 20.4. The number of carbonyl (C=O) groups excluding carboxylic acids is 1. The van der Waals surface area contributed by atoms with Gasteiger partial charge in [0.05, 0.1) is 23.8 Å². The summed E-state index contributed by atoms with van der Waals surface area (Å²) in [7, 11) is 2.19. The van der Waals surface area contributed by atoms with E-state index in [-0.39, 0.29) is 29.3 Å². The molecule has 3 atom stereocenters. The minimum absolute atomic E-state index is 0.0980. The molecule has 1 aliphatic carbocycles. The summed E-state index contributed by atoms with van der Waals surface area (Å²) in [6.45, 7) is 7.34. The number of carbonyl (C=O) groups is 1. The number of hydrogen-bond donors (Lipinski definition) is 2. The maximum Gasteiger partial charge on any atom is 0.258 e. The molecule has 2 fully saturated rings. The Morgan fingerprint density at radius 2 is 1.81 bits per heavy atom. The molecule has 3 N–H and O–H groups in total. The van der Waals surface area contributed by atoms with Crippen LogP contribution in [0.5, 0.6) is 0 Å². The largest absolute Gasteiger partial charge is 0.383 e. The Labute approximate surface area is 248 Å². The number of nitrogens with one attached hydrogen (secondary N) is 1. The van der Waals surface area contributed by atoms with Crippen LogP contribution in [0.3, 0.4) is 0 Å². The number of likely N-dealkylation sites (N-methyl/N-ethyl adjacent to an activating group) is 1. The predicted molar refractivity (Wildman–Crippen MR) is 165 cm³/mol. The number of anilines is 1. The highest BCUT2D eigenvalue weighted by Crippen LogP contribution is 2.31. The summed E-state index contributed by atoms with van der Waals surface area (Å²) in [6, 6.07) is 21.5. The summed E-state index contributed by atoms with van der Waals surface area (Å²) in [6.07, 6.45) is 8.17. The first-order chi connectivity index (χ1) is 20.4. The van der Waals surface area contributed by atoms with E-state index in [0.717, 1.165) is 51.0 Å². The fraction of sp³-hybridized carbons (Fsp3) is 0.382. The maximum absolute atomic E-state index is 12.5. The number of nitrogens with two attached hydrogens (primary N) is 1. The first-order valence-electron chi connectivity index (χ1n) is 14.8. The third kappa shape index (κ3) is 7.24. The van der Waals surface area contributed by atoms with Crippen LogP contribution in [0.15, 0.2) is 73.1 Å². The lowest BCUT2D eigenvalue weighted by molar-refractivity contribution is 0.0273. The molecule has 5 rings (SSSR count). The van der Waals surface area contributed by atoms with Crippen LogP contribution < -0.4 is 11.1 Å². The molecule has 0 bridgehead atoms. The first-order valence-corrected chi connectivity index (χ1v) is 14.8. The summed E-state index contributed by atoms with van der Waals surface area (Å²) >= 11 is 0. The van der Waals surface area contributed by atoms with Crippen LogP contribution in [0, 0.1) is 17.2 Å². The van der Waals surface area contributed by atoms with Crippen molar-refractivity contribution in [1.29, 1.82) is 5.26 Å². The molecule has 8 heteroatoms. The lowest BCUT2D eigenvalue weighted by Gasteiger charge is -2.36. The number of pyridine rings is 1. The Morgan fingerprint density at radius 3 is 2.50 bits per heavy atom. The third-order valence-electron chi connectivity index (χ3n) is 8.58. The third-order valence-corrected chi connectivity index (χ3v) is 8.58. The van der Waals surface area contributed by atoms with Crippen molar-refractivity contribution < 1.29 is 9.53 Å².